The minimum Gasteiger partial charge on any atom is -0.427 e. The van der Waals surface area contributed by atoms with Gasteiger partial charge in [0, 0.05) is 11.7 Å². The van der Waals surface area contributed by atoms with Crippen molar-refractivity contribution in [1.29, 1.82) is 5.26 Å². The molecular weight excluding hydrogens is 105 g/mol. The van der Waals surface area contributed by atoms with Crippen LogP contribution < -0.4 is 0 Å². The fourth-order valence-electron chi connectivity index (χ4n) is 0.693. The van der Waals surface area contributed by atoms with Gasteiger partial charge in [0.15, 0.2) is 0 Å². The van der Waals surface area contributed by atoms with E-state index in [4.69, 9.17) is 15.3 Å². The number of hydrogen-bond acceptors (Lipinski definition) is 3. The summed E-state index contributed by atoms with van der Waals surface area (Å²) in [4.78, 5) is 0. The largest absolute Gasteiger partial charge is 0.456 e. The molecule has 2 atom stereocenters. The molecule has 1 saturated carbocycles. The van der Waals surface area contributed by atoms with E-state index >= 15 is 0 Å². The molecule has 1 rings (SSSR count). The first-order chi connectivity index (χ1) is 3.75. The van der Waals surface area contributed by atoms with Gasteiger partial charge in [0.1, 0.15) is 0 Å². The monoisotopic (exact) mass is 111 g/mol. The van der Waals surface area contributed by atoms with Gasteiger partial charge in [-0.2, -0.15) is 5.26 Å². The van der Waals surface area contributed by atoms with Crippen molar-refractivity contribution in [2.24, 2.45) is 5.92 Å². The molecule has 3 nitrogen and oxygen atoms in total. The molecule has 0 aromatic rings. The van der Waals surface area contributed by atoms with Crippen LogP contribution in [0.5, 0.6) is 0 Å². The molecule has 0 saturated heterocycles. The fourth-order valence-corrected chi connectivity index (χ4v) is 0.693. The second kappa shape index (κ2) is 1.77. The average Bonchev–Trinajstić information content (AvgIpc) is 2.42. The van der Waals surface area contributed by atoms with Crippen LogP contribution in [0.25, 0.3) is 0 Å². The highest BCUT2D eigenvalue weighted by Gasteiger charge is 2.45. The quantitative estimate of drug-likeness (QED) is 0.443. The Morgan fingerprint density at radius 2 is 2.25 bits per heavy atom. The van der Waals surface area contributed by atoms with E-state index in [1.807, 2.05) is 6.07 Å². The van der Waals surface area contributed by atoms with Gasteiger partial charge in [-0.1, -0.05) is 0 Å². The van der Waals surface area contributed by atoms with Crippen molar-refractivity contribution in [3.63, 3.8) is 0 Å². The topological polar surface area (TPSA) is 64.2 Å². The van der Waals surface area contributed by atoms with Crippen molar-refractivity contribution in [2.45, 2.75) is 12.2 Å². The van der Waals surface area contributed by atoms with Gasteiger partial charge in [-0.05, 0) is 6.42 Å². The van der Waals surface area contributed by atoms with Crippen LogP contribution in [0.4, 0.5) is 0 Å². The van der Waals surface area contributed by atoms with E-state index in [0.717, 1.165) is 0 Å². The van der Waals surface area contributed by atoms with Crippen LogP contribution in [-0.4, -0.2) is 17.2 Å². The highest BCUT2D eigenvalue weighted by Crippen LogP contribution is 2.44. The minimum absolute atomic E-state index is 0.102. The molecular formula is C4H6BNO2. The summed E-state index contributed by atoms with van der Waals surface area (Å²) in [5, 5.41) is 24.9. The summed E-state index contributed by atoms with van der Waals surface area (Å²) in [5.41, 5.74) is 0. The van der Waals surface area contributed by atoms with Crippen molar-refractivity contribution in [3.05, 3.63) is 0 Å². The van der Waals surface area contributed by atoms with Gasteiger partial charge < -0.3 is 10.0 Å². The van der Waals surface area contributed by atoms with Crippen LogP contribution in [0.1, 0.15) is 6.42 Å². The molecule has 0 aromatic heterocycles. The van der Waals surface area contributed by atoms with E-state index in [1.165, 1.54) is 0 Å². The van der Waals surface area contributed by atoms with E-state index < -0.39 is 7.12 Å². The first-order valence-electron chi connectivity index (χ1n) is 2.51. The number of hydrogen-bond donors (Lipinski definition) is 2. The summed E-state index contributed by atoms with van der Waals surface area (Å²) in [5.74, 6) is -0.269. The SMILES string of the molecule is N#C[C@@H]1C[C@H]1B(O)O. The van der Waals surface area contributed by atoms with Gasteiger partial charge in [0.2, 0.25) is 0 Å². The zero-order valence-corrected chi connectivity index (χ0v) is 4.28. The second-order valence-corrected chi connectivity index (χ2v) is 2.05. The lowest BCUT2D eigenvalue weighted by atomic mass is 9.82. The third-order valence-corrected chi connectivity index (χ3v) is 1.39. The van der Waals surface area contributed by atoms with Crippen molar-refractivity contribution in [1.82, 2.24) is 0 Å². The molecule has 0 aliphatic heterocycles. The zero-order valence-electron chi connectivity index (χ0n) is 4.28. The molecule has 1 aliphatic carbocycles. The number of rotatable bonds is 1. The molecule has 0 heterocycles. The van der Waals surface area contributed by atoms with Crippen molar-refractivity contribution in [3.8, 4) is 6.07 Å². The second-order valence-electron chi connectivity index (χ2n) is 2.05. The molecule has 2 N–H and O–H groups in total. The van der Waals surface area contributed by atoms with E-state index in [-0.39, 0.29) is 11.7 Å². The summed E-state index contributed by atoms with van der Waals surface area (Å²) in [6, 6.07) is 1.95. The predicted molar refractivity (Wildman–Crippen MR) is 27.7 cm³/mol. The van der Waals surface area contributed by atoms with Gasteiger partial charge in [-0.3, -0.25) is 0 Å². The lowest BCUT2D eigenvalue weighted by Crippen LogP contribution is -2.10. The zero-order chi connectivity index (χ0) is 6.15. The average molecular weight is 111 g/mol. The van der Waals surface area contributed by atoms with E-state index in [9.17, 15) is 0 Å². The van der Waals surface area contributed by atoms with Gasteiger partial charge in [0.05, 0.1) is 6.07 Å². The summed E-state index contributed by atoms with van der Waals surface area (Å²) in [7, 11) is -1.28. The van der Waals surface area contributed by atoms with Crippen LogP contribution in [0.2, 0.25) is 5.82 Å². The van der Waals surface area contributed by atoms with Crippen LogP contribution in [0.3, 0.4) is 0 Å². The Kier molecular flexibility index (Phi) is 1.24. The first kappa shape index (κ1) is 5.61. The molecule has 1 fully saturated rings. The molecule has 42 valence electrons. The summed E-state index contributed by atoms with van der Waals surface area (Å²) in [6.07, 6.45) is 0.647. The molecule has 8 heavy (non-hydrogen) atoms. The summed E-state index contributed by atoms with van der Waals surface area (Å²) < 4.78 is 0. The molecule has 0 aromatic carbocycles. The summed E-state index contributed by atoms with van der Waals surface area (Å²) in [6.45, 7) is 0. The molecule has 0 bridgehead atoms. The molecule has 0 amide bonds. The Morgan fingerprint density at radius 1 is 1.62 bits per heavy atom. The Balaban J connectivity index is 2.29. The third kappa shape index (κ3) is 0.833. The molecule has 0 spiro atoms. The third-order valence-electron chi connectivity index (χ3n) is 1.39. The predicted octanol–water partition coefficient (Wildman–Crippen LogP) is -0.627. The number of nitrogens with zero attached hydrogens (tertiary/aromatic N) is 1. The van der Waals surface area contributed by atoms with E-state index in [0.29, 0.717) is 6.42 Å². The number of nitriles is 1. The van der Waals surface area contributed by atoms with E-state index in [2.05, 4.69) is 0 Å². The normalized spacial score (nSPS) is 33.6. The van der Waals surface area contributed by atoms with Gasteiger partial charge in [0.25, 0.3) is 0 Å². The molecule has 4 heteroatoms. The van der Waals surface area contributed by atoms with Crippen molar-refractivity contribution >= 4 is 7.12 Å². The highest BCUT2D eigenvalue weighted by molar-refractivity contribution is 6.44. The van der Waals surface area contributed by atoms with Crippen molar-refractivity contribution in [2.75, 3.05) is 0 Å². The van der Waals surface area contributed by atoms with Crippen LogP contribution in [-0.2, 0) is 0 Å². The van der Waals surface area contributed by atoms with Crippen molar-refractivity contribution < 1.29 is 10.0 Å². The standard InChI is InChI=1S/C4H6BNO2/c6-2-3-1-4(3)5(7)8/h3-4,7-8H,1H2/t3-,4+/m0/s1. The fraction of sp³-hybridized carbons (Fsp3) is 0.750. The maximum absolute atomic E-state index is 8.40. The highest BCUT2D eigenvalue weighted by atomic mass is 16.4. The van der Waals surface area contributed by atoms with E-state index in [1.54, 1.807) is 0 Å². The van der Waals surface area contributed by atoms with Gasteiger partial charge in [-0.25, -0.2) is 0 Å². The smallest absolute Gasteiger partial charge is 0.427 e. The maximum Gasteiger partial charge on any atom is 0.456 e. The summed E-state index contributed by atoms with van der Waals surface area (Å²) >= 11 is 0. The first-order valence-corrected chi connectivity index (χ1v) is 2.51. The Bertz CT molecular complexity index is 130. The lowest BCUT2D eigenvalue weighted by molar-refractivity contribution is 0.402. The Morgan fingerprint density at radius 3 is 2.38 bits per heavy atom. The minimum atomic E-state index is -1.28. The Hall–Kier alpha value is -0.525. The van der Waals surface area contributed by atoms with Gasteiger partial charge >= 0.3 is 7.12 Å². The lowest BCUT2D eigenvalue weighted by Gasteiger charge is -1.87. The maximum atomic E-state index is 8.40. The van der Waals surface area contributed by atoms with Gasteiger partial charge in [-0.15, -0.1) is 0 Å². The molecule has 0 radical (unpaired) electrons. The van der Waals surface area contributed by atoms with Crippen LogP contribution in [0, 0.1) is 17.2 Å². The Labute approximate surface area is 47.7 Å². The molecule has 1 aliphatic rings. The van der Waals surface area contributed by atoms with Crippen LogP contribution in [0.15, 0.2) is 0 Å². The van der Waals surface area contributed by atoms with Crippen LogP contribution >= 0.6 is 0 Å². The molecule has 0 unspecified atom stereocenters.